The molecule has 1 aliphatic heterocycles. The van der Waals surface area contributed by atoms with E-state index in [4.69, 9.17) is 9.26 Å². The van der Waals surface area contributed by atoms with Crippen LogP contribution in [0.2, 0.25) is 0 Å². The summed E-state index contributed by atoms with van der Waals surface area (Å²) >= 11 is 0. The highest BCUT2D eigenvalue weighted by molar-refractivity contribution is 6.01. The van der Waals surface area contributed by atoms with Crippen molar-refractivity contribution in [1.82, 2.24) is 10.1 Å². The van der Waals surface area contributed by atoms with Crippen LogP contribution in [0.15, 0.2) is 28.8 Å². The quantitative estimate of drug-likeness (QED) is 0.848. The van der Waals surface area contributed by atoms with Crippen molar-refractivity contribution in [3.05, 3.63) is 41.4 Å². The molecule has 2 aromatic rings. The van der Waals surface area contributed by atoms with Crippen LogP contribution in [-0.4, -0.2) is 41.3 Å². The van der Waals surface area contributed by atoms with Gasteiger partial charge < -0.3 is 14.2 Å². The molecule has 2 atom stereocenters. The average Bonchev–Trinajstić information content (AvgIpc) is 3.21. The molecule has 24 heavy (non-hydrogen) atoms. The lowest BCUT2D eigenvalue weighted by molar-refractivity contribution is -0.0445. The molecule has 1 aliphatic carbocycles. The highest BCUT2D eigenvalue weighted by Crippen LogP contribution is 2.33. The van der Waals surface area contributed by atoms with Crippen molar-refractivity contribution in [3.8, 4) is 11.3 Å². The molecule has 4 rings (SSSR count). The molecule has 0 unspecified atom stereocenters. The van der Waals surface area contributed by atoms with Crippen molar-refractivity contribution in [2.75, 3.05) is 13.2 Å². The number of nitrogens with zero attached hydrogens (tertiary/aromatic N) is 2. The van der Waals surface area contributed by atoms with Crippen LogP contribution in [0.1, 0.15) is 35.4 Å². The number of hydrogen-bond donors (Lipinski definition) is 0. The molecule has 1 amide bonds. The second kappa shape index (κ2) is 6.02. The van der Waals surface area contributed by atoms with Gasteiger partial charge in [-0.15, -0.1) is 0 Å². The highest BCUT2D eigenvalue weighted by atomic mass is 19.1. The number of carbonyl (C=O) groups is 1. The van der Waals surface area contributed by atoms with E-state index in [2.05, 4.69) is 5.16 Å². The summed E-state index contributed by atoms with van der Waals surface area (Å²) in [5, 5.41) is 4.04. The smallest absolute Gasteiger partial charge is 0.260 e. The molecule has 0 bridgehead atoms. The minimum Gasteiger partial charge on any atom is -0.374 e. The van der Waals surface area contributed by atoms with Crippen LogP contribution in [0.5, 0.6) is 0 Å². The number of aryl methyl sites for hydroxylation is 1. The summed E-state index contributed by atoms with van der Waals surface area (Å²) in [6.45, 7) is 2.87. The average molecular weight is 330 g/mol. The zero-order valence-electron chi connectivity index (χ0n) is 13.5. The zero-order valence-corrected chi connectivity index (χ0v) is 13.5. The van der Waals surface area contributed by atoms with Gasteiger partial charge in [-0.3, -0.25) is 4.79 Å². The number of carbonyl (C=O) groups excluding carboxylic acids is 1. The normalized spacial score (nSPS) is 23.3. The van der Waals surface area contributed by atoms with Crippen molar-refractivity contribution >= 4 is 5.91 Å². The van der Waals surface area contributed by atoms with Gasteiger partial charge in [-0.1, -0.05) is 5.16 Å². The second-order valence-electron chi connectivity index (χ2n) is 6.38. The van der Waals surface area contributed by atoms with Crippen molar-refractivity contribution in [2.24, 2.45) is 0 Å². The van der Waals surface area contributed by atoms with E-state index >= 15 is 0 Å². The van der Waals surface area contributed by atoms with E-state index in [1.807, 2.05) is 4.90 Å². The molecule has 0 spiro atoms. The van der Waals surface area contributed by atoms with Gasteiger partial charge in [-0.2, -0.15) is 0 Å². The van der Waals surface area contributed by atoms with E-state index < -0.39 is 0 Å². The molecule has 2 heterocycles. The molecule has 0 N–H and O–H groups in total. The monoisotopic (exact) mass is 330 g/mol. The lowest BCUT2D eigenvalue weighted by Gasteiger charge is -2.37. The van der Waals surface area contributed by atoms with Gasteiger partial charge >= 0.3 is 0 Å². The molecule has 1 saturated heterocycles. The molecular formula is C18H19FN2O3. The molecule has 1 saturated carbocycles. The highest BCUT2D eigenvalue weighted by Gasteiger charge is 2.40. The molecule has 6 heteroatoms. The Morgan fingerprint density at radius 1 is 1.29 bits per heavy atom. The van der Waals surface area contributed by atoms with Crippen molar-refractivity contribution in [1.29, 1.82) is 0 Å². The Hall–Kier alpha value is -2.21. The first-order valence-corrected chi connectivity index (χ1v) is 8.30. The van der Waals surface area contributed by atoms with Crippen molar-refractivity contribution in [3.63, 3.8) is 0 Å². The SMILES string of the molecule is Cc1onc(-c2ccc(F)cc2)c1C(=O)N1CCO[C@H]2CCC[C@H]21. The van der Waals surface area contributed by atoms with E-state index in [1.54, 1.807) is 19.1 Å². The second-order valence-corrected chi connectivity index (χ2v) is 6.38. The fraction of sp³-hybridized carbons (Fsp3) is 0.444. The minimum atomic E-state index is -0.325. The largest absolute Gasteiger partial charge is 0.374 e. The van der Waals surface area contributed by atoms with Crippen LogP contribution in [0.25, 0.3) is 11.3 Å². The van der Waals surface area contributed by atoms with Gasteiger partial charge in [0.25, 0.3) is 5.91 Å². The van der Waals surface area contributed by atoms with Crippen molar-refractivity contribution < 1.29 is 18.4 Å². The summed E-state index contributed by atoms with van der Waals surface area (Å²) in [6, 6.07) is 6.06. The lowest BCUT2D eigenvalue weighted by atomic mass is 10.0. The summed E-state index contributed by atoms with van der Waals surface area (Å²) in [6.07, 6.45) is 3.18. The standard InChI is InChI=1S/C18H19FN2O3/c1-11-16(17(20-24-11)12-5-7-13(19)8-6-12)18(22)21-9-10-23-15-4-2-3-14(15)21/h5-8,14-15H,2-4,9-10H2,1H3/t14-,15+/m1/s1. The maximum absolute atomic E-state index is 13.2. The summed E-state index contributed by atoms with van der Waals surface area (Å²) in [5.41, 5.74) is 1.61. The predicted molar refractivity (Wildman–Crippen MR) is 85.0 cm³/mol. The Bertz CT molecular complexity index is 756. The number of ether oxygens (including phenoxy) is 1. The Labute approximate surface area is 139 Å². The van der Waals surface area contributed by atoms with Gasteiger partial charge in [-0.25, -0.2) is 4.39 Å². The van der Waals surface area contributed by atoms with Gasteiger partial charge in [0.15, 0.2) is 0 Å². The molecule has 1 aromatic heterocycles. The van der Waals surface area contributed by atoms with Gasteiger partial charge in [0.05, 0.1) is 18.8 Å². The van der Waals surface area contributed by atoms with E-state index in [0.29, 0.717) is 35.7 Å². The van der Waals surface area contributed by atoms with E-state index in [0.717, 1.165) is 19.3 Å². The first-order chi connectivity index (χ1) is 11.6. The number of aromatic nitrogens is 1. The zero-order chi connectivity index (χ0) is 16.7. The number of benzene rings is 1. The lowest BCUT2D eigenvalue weighted by Crippen LogP contribution is -2.51. The number of halogens is 1. The van der Waals surface area contributed by atoms with Crippen LogP contribution in [-0.2, 0) is 4.74 Å². The van der Waals surface area contributed by atoms with Crippen LogP contribution in [0, 0.1) is 12.7 Å². The van der Waals surface area contributed by atoms with Gasteiger partial charge in [0.1, 0.15) is 22.8 Å². The minimum absolute atomic E-state index is 0.0757. The maximum Gasteiger partial charge on any atom is 0.260 e. The Balaban J connectivity index is 1.69. The van der Waals surface area contributed by atoms with E-state index in [1.165, 1.54) is 12.1 Å². The van der Waals surface area contributed by atoms with Gasteiger partial charge in [0.2, 0.25) is 0 Å². The number of amides is 1. The van der Waals surface area contributed by atoms with E-state index in [9.17, 15) is 9.18 Å². The molecular weight excluding hydrogens is 311 g/mol. The van der Waals surface area contributed by atoms with Crippen LogP contribution >= 0.6 is 0 Å². The summed E-state index contributed by atoms with van der Waals surface area (Å²) < 4.78 is 24.2. The topological polar surface area (TPSA) is 55.6 Å². The fourth-order valence-corrected chi connectivity index (χ4v) is 3.75. The van der Waals surface area contributed by atoms with Gasteiger partial charge in [0, 0.05) is 12.1 Å². The predicted octanol–water partition coefficient (Wildman–Crippen LogP) is 3.18. The van der Waals surface area contributed by atoms with Crippen molar-refractivity contribution in [2.45, 2.75) is 38.3 Å². The number of rotatable bonds is 2. The third-order valence-corrected chi connectivity index (χ3v) is 4.94. The van der Waals surface area contributed by atoms with Crippen LogP contribution < -0.4 is 0 Å². The van der Waals surface area contributed by atoms with Crippen LogP contribution in [0.3, 0.4) is 0 Å². The first-order valence-electron chi connectivity index (χ1n) is 8.30. The summed E-state index contributed by atoms with van der Waals surface area (Å²) in [7, 11) is 0. The van der Waals surface area contributed by atoms with E-state index in [-0.39, 0.29) is 23.9 Å². The fourth-order valence-electron chi connectivity index (χ4n) is 3.75. The Morgan fingerprint density at radius 2 is 2.08 bits per heavy atom. The van der Waals surface area contributed by atoms with Crippen LogP contribution in [0.4, 0.5) is 4.39 Å². The molecule has 5 nitrogen and oxygen atoms in total. The maximum atomic E-state index is 13.2. The molecule has 126 valence electrons. The summed E-state index contributed by atoms with van der Waals surface area (Å²) in [4.78, 5) is 15.1. The van der Waals surface area contributed by atoms with Gasteiger partial charge in [-0.05, 0) is 50.5 Å². The number of morpholine rings is 1. The Morgan fingerprint density at radius 3 is 2.88 bits per heavy atom. The molecule has 2 aliphatic rings. The molecule has 2 fully saturated rings. The molecule has 1 aromatic carbocycles. The molecule has 0 radical (unpaired) electrons. The number of hydrogen-bond acceptors (Lipinski definition) is 4. The Kier molecular flexibility index (Phi) is 3.84. The third kappa shape index (κ3) is 2.51. The third-order valence-electron chi connectivity index (χ3n) is 4.94. The summed E-state index contributed by atoms with van der Waals surface area (Å²) in [5.74, 6) is 0.0856. The first kappa shape index (κ1) is 15.3. The number of fused-ring (bicyclic) bond motifs is 1.